The first-order valence-corrected chi connectivity index (χ1v) is 7.37. The summed E-state index contributed by atoms with van der Waals surface area (Å²) in [5.74, 6) is 0.943. The summed E-state index contributed by atoms with van der Waals surface area (Å²) in [6.07, 6.45) is 3.61. The highest BCUT2D eigenvalue weighted by atomic mass is 16.5. The van der Waals surface area contributed by atoms with Gasteiger partial charge in [0.1, 0.15) is 12.4 Å². The molecular weight excluding hydrogens is 246 g/mol. The zero-order valence-corrected chi connectivity index (χ0v) is 11.9. The number of benzene rings is 2. The summed E-state index contributed by atoms with van der Waals surface area (Å²) in [5, 5.41) is 3.42. The second-order valence-electron chi connectivity index (χ2n) is 4.85. The molecule has 0 unspecified atom stereocenters. The van der Waals surface area contributed by atoms with Crippen molar-refractivity contribution in [1.82, 2.24) is 5.32 Å². The van der Waals surface area contributed by atoms with E-state index in [0.29, 0.717) is 0 Å². The van der Waals surface area contributed by atoms with Gasteiger partial charge in [-0.1, -0.05) is 48.5 Å². The SMILES string of the molecule is c1ccc(CCCCNCCOc2ccccc2)cc1. The number of unbranched alkanes of at least 4 members (excludes halogenated alkanes) is 1. The lowest BCUT2D eigenvalue weighted by Gasteiger charge is -2.07. The minimum Gasteiger partial charge on any atom is -0.492 e. The number of ether oxygens (including phenoxy) is 1. The number of hydrogen-bond acceptors (Lipinski definition) is 2. The molecule has 0 amide bonds. The van der Waals surface area contributed by atoms with Gasteiger partial charge < -0.3 is 10.1 Å². The Hall–Kier alpha value is -1.80. The predicted octanol–water partition coefficient (Wildman–Crippen LogP) is 3.68. The number of aryl methyl sites for hydroxylation is 1. The summed E-state index contributed by atoms with van der Waals surface area (Å²) in [7, 11) is 0. The minimum atomic E-state index is 0.725. The topological polar surface area (TPSA) is 21.3 Å². The second kappa shape index (κ2) is 9.16. The number of rotatable bonds is 9. The van der Waals surface area contributed by atoms with Crippen LogP contribution in [0.25, 0.3) is 0 Å². The van der Waals surface area contributed by atoms with Gasteiger partial charge >= 0.3 is 0 Å². The standard InChI is InChI=1S/C18H23NO/c1-3-9-17(10-4-1)11-7-8-14-19-15-16-20-18-12-5-2-6-13-18/h1-6,9-10,12-13,19H,7-8,11,14-16H2. The van der Waals surface area contributed by atoms with Gasteiger partial charge in [0.15, 0.2) is 0 Å². The molecule has 0 bridgehead atoms. The van der Waals surface area contributed by atoms with Crippen molar-refractivity contribution in [3.8, 4) is 5.75 Å². The Morgan fingerprint density at radius 3 is 2.20 bits per heavy atom. The van der Waals surface area contributed by atoms with Crippen LogP contribution in [0, 0.1) is 0 Å². The monoisotopic (exact) mass is 269 g/mol. The Kier molecular flexibility index (Phi) is 6.69. The first kappa shape index (κ1) is 14.6. The van der Waals surface area contributed by atoms with E-state index in [0.717, 1.165) is 25.4 Å². The molecule has 106 valence electrons. The Morgan fingerprint density at radius 1 is 0.750 bits per heavy atom. The van der Waals surface area contributed by atoms with Crippen molar-refractivity contribution >= 4 is 0 Å². The van der Waals surface area contributed by atoms with E-state index in [1.807, 2.05) is 30.3 Å². The maximum atomic E-state index is 5.62. The maximum absolute atomic E-state index is 5.62. The first-order valence-electron chi connectivity index (χ1n) is 7.37. The van der Waals surface area contributed by atoms with Crippen molar-refractivity contribution in [3.05, 3.63) is 66.2 Å². The van der Waals surface area contributed by atoms with Crippen LogP contribution in [0.5, 0.6) is 5.75 Å². The van der Waals surface area contributed by atoms with Gasteiger partial charge in [-0.3, -0.25) is 0 Å². The third kappa shape index (κ3) is 5.89. The number of hydrogen-bond donors (Lipinski definition) is 1. The van der Waals surface area contributed by atoms with Crippen LogP contribution in [0.15, 0.2) is 60.7 Å². The lowest BCUT2D eigenvalue weighted by molar-refractivity contribution is 0.313. The summed E-state index contributed by atoms with van der Waals surface area (Å²) in [6, 6.07) is 20.6. The van der Waals surface area contributed by atoms with E-state index in [1.165, 1.54) is 24.8 Å². The summed E-state index contributed by atoms with van der Waals surface area (Å²) in [5.41, 5.74) is 1.43. The lowest BCUT2D eigenvalue weighted by atomic mass is 10.1. The fourth-order valence-corrected chi connectivity index (χ4v) is 2.11. The zero-order valence-electron chi connectivity index (χ0n) is 11.9. The van der Waals surface area contributed by atoms with E-state index >= 15 is 0 Å². The van der Waals surface area contributed by atoms with Gasteiger partial charge in [-0.05, 0) is 43.5 Å². The van der Waals surface area contributed by atoms with Crippen LogP contribution >= 0.6 is 0 Å². The van der Waals surface area contributed by atoms with Crippen LogP contribution in [-0.4, -0.2) is 19.7 Å². The molecule has 1 N–H and O–H groups in total. The summed E-state index contributed by atoms with van der Waals surface area (Å²) >= 11 is 0. The molecular formula is C18H23NO. The van der Waals surface area contributed by atoms with Crippen LogP contribution in [0.2, 0.25) is 0 Å². The van der Waals surface area contributed by atoms with E-state index in [1.54, 1.807) is 0 Å². The van der Waals surface area contributed by atoms with E-state index in [-0.39, 0.29) is 0 Å². The molecule has 0 aliphatic carbocycles. The molecule has 0 aliphatic heterocycles. The second-order valence-corrected chi connectivity index (χ2v) is 4.85. The van der Waals surface area contributed by atoms with Crippen LogP contribution < -0.4 is 10.1 Å². The Labute approximate surface area is 121 Å². The van der Waals surface area contributed by atoms with Crippen molar-refractivity contribution in [2.24, 2.45) is 0 Å². The van der Waals surface area contributed by atoms with Gasteiger partial charge in [-0.2, -0.15) is 0 Å². The van der Waals surface area contributed by atoms with Gasteiger partial charge in [-0.25, -0.2) is 0 Å². The van der Waals surface area contributed by atoms with Gasteiger partial charge in [-0.15, -0.1) is 0 Å². The predicted molar refractivity (Wildman–Crippen MR) is 84.2 cm³/mol. The summed E-state index contributed by atoms with van der Waals surface area (Å²) in [6.45, 7) is 2.69. The first-order chi connectivity index (χ1) is 9.95. The van der Waals surface area contributed by atoms with Crippen molar-refractivity contribution in [2.45, 2.75) is 19.3 Å². The highest BCUT2D eigenvalue weighted by molar-refractivity contribution is 5.20. The van der Waals surface area contributed by atoms with Crippen molar-refractivity contribution in [3.63, 3.8) is 0 Å². The Bertz CT molecular complexity index is 410. The van der Waals surface area contributed by atoms with Gasteiger partial charge in [0.05, 0.1) is 0 Å². The van der Waals surface area contributed by atoms with Gasteiger partial charge in [0.2, 0.25) is 0 Å². The Morgan fingerprint density at radius 2 is 1.45 bits per heavy atom. The molecule has 0 atom stereocenters. The van der Waals surface area contributed by atoms with Crippen molar-refractivity contribution in [2.75, 3.05) is 19.7 Å². The molecule has 2 rings (SSSR count). The van der Waals surface area contributed by atoms with Crippen LogP contribution in [-0.2, 0) is 6.42 Å². The maximum Gasteiger partial charge on any atom is 0.119 e. The highest BCUT2D eigenvalue weighted by Gasteiger charge is 1.94. The fraction of sp³-hybridized carbons (Fsp3) is 0.333. The Balaban J connectivity index is 1.44. The molecule has 0 aromatic heterocycles. The van der Waals surface area contributed by atoms with Gasteiger partial charge in [0.25, 0.3) is 0 Å². The molecule has 2 nitrogen and oxygen atoms in total. The summed E-state index contributed by atoms with van der Waals surface area (Å²) < 4.78 is 5.62. The third-order valence-corrected chi connectivity index (χ3v) is 3.20. The molecule has 0 fully saturated rings. The molecule has 0 aliphatic rings. The third-order valence-electron chi connectivity index (χ3n) is 3.20. The molecule has 0 saturated carbocycles. The average Bonchev–Trinajstić information content (AvgIpc) is 2.52. The summed E-state index contributed by atoms with van der Waals surface area (Å²) in [4.78, 5) is 0. The lowest BCUT2D eigenvalue weighted by Crippen LogP contribution is -2.22. The number of nitrogens with one attached hydrogen (secondary N) is 1. The van der Waals surface area contributed by atoms with E-state index in [9.17, 15) is 0 Å². The van der Waals surface area contributed by atoms with Crippen LogP contribution in [0.3, 0.4) is 0 Å². The minimum absolute atomic E-state index is 0.725. The average molecular weight is 269 g/mol. The zero-order chi connectivity index (χ0) is 13.9. The quantitative estimate of drug-likeness (QED) is 0.701. The molecule has 0 radical (unpaired) electrons. The van der Waals surface area contributed by atoms with E-state index in [4.69, 9.17) is 4.74 Å². The largest absolute Gasteiger partial charge is 0.492 e. The fourth-order valence-electron chi connectivity index (χ4n) is 2.11. The van der Waals surface area contributed by atoms with Crippen molar-refractivity contribution in [1.29, 1.82) is 0 Å². The highest BCUT2D eigenvalue weighted by Crippen LogP contribution is 2.07. The number of para-hydroxylation sites is 1. The molecule has 0 heterocycles. The molecule has 2 aromatic carbocycles. The van der Waals surface area contributed by atoms with Crippen molar-refractivity contribution < 1.29 is 4.74 Å². The van der Waals surface area contributed by atoms with Crippen LogP contribution in [0.4, 0.5) is 0 Å². The normalized spacial score (nSPS) is 10.4. The smallest absolute Gasteiger partial charge is 0.119 e. The van der Waals surface area contributed by atoms with E-state index < -0.39 is 0 Å². The van der Waals surface area contributed by atoms with Gasteiger partial charge in [0, 0.05) is 6.54 Å². The molecule has 0 saturated heterocycles. The van der Waals surface area contributed by atoms with Crippen LogP contribution in [0.1, 0.15) is 18.4 Å². The van der Waals surface area contributed by atoms with E-state index in [2.05, 4.69) is 35.6 Å². The molecule has 2 heteroatoms. The molecule has 0 spiro atoms. The molecule has 20 heavy (non-hydrogen) atoms. The molecule has 2 aromatic rings.